The van der Waals surface area contributed by atoms with Crippen molar-refractivity contribution in [2.24, 2.45) is 12.8 Å². The average molecular weight is 141 g/mol. The maximum absolute atomic E-state index is 10.2. The zero-order chi connectivity index (χ0) is 7.56. The Morgan fingerprint density at radius 1 is 1.90 bits per heavy atom. The highest BCUT2D eigenvalue weighted by Gasteiger charge is 2.01. The van der Waals surface area contributed by atoms with Gasteiger partial charge in [0.1, 0.15) is 0 Å². The summed E-state index contributed by atoms with van der Waals surface area (Å²) in [5.74, 6) is 0. The Labute approximate surface area is 57.4 Å². The fraction of sp³-hybridized carbons (Fsp3) is 0.200. The number of carbonyl (C=O) groups excluding carboxylic acids is 1. The van der Waals surface area contributed by atoms with Gasteiger partial charge in [0.15, 0.2) is 0 Å². The molecule has 0 aliphatic heterocycles. The number of carbonyl (C=O) groups is 1. The van der Waals surface area contributed by atoms with Gasteiger partial charge in [-0.15, -0.1) is 0 Å². The van der Waals surface area contributed by atoms with Crippen LogP contribution >= 0.6 is 0 Å². The second kappa shape index (κ2) is 2.38. The number of imidazole rings is 1. The Morgan fingerprint density at radius 3 is 3.00 bits per heavy atom. The van der Waals surface area contributed by atoms with Crippen molar-refractivity contribution >= 4 is 6.09 Å². The van der Waals surface area contributed by atoms with E-state index in [2.05, 4.69) is 9.72 Å². The predicted molar refractivity (Wildman–Crippen MR) is 33.4 cm³/mol. The zero-order valence-corrected chi connectivity index (χ0v) is 5.44. The quantitative estimate of drug-likeness (QED) is 0.592. The molecule has 1 aromatic rings. The normalized spacial score (nSPS) is 9.30. The predicted octanol–water partition coefficient (Wildman–Crippen LogP) is -0.122. The topological polar surface area (TPSA) is 70.1 Å². The first-order valence-corrected chi connectivity index (χ1v) is 2.65. The zero-order valence-electron chi connectivity index (χ0n) is 5.44. The summed E-state index contributed by atoms with van der Waals surface area (Å²) in [4.78, 5) is 13.9. The third-order valence-corrected chi connectivity index (χ3v) is 0.969. The van der Waals surface area contributed by atoms with E-state index in [1.165, 1.54) is 6.20 Å². The Balaban J connectivity index is 2.74. The van der Waals surface area contributed by atoms with Crippen LogP contribution in [0.2, 0.25) is 0 Å². The first kappa shape index (κ1) is 6.60. The van der Waals surface area contributed by atoms with E-state index in [9.17, 15) is 4.79 Å². The molecule has 10 heavy (non-hydrogen) atoms. The minimum atomic E-state index is -0.852. The number of amides is 1. The van der Waals surface area contributed by atoms with E-state index in [1.807, 2.05) is 0 Å². The Morgan fingerprint density at radius 2 is 2.60 bits per heavy atom. The molecule has 0 bridgehead atoms. The Kier molecular flexibility index (Phi) is 1.57. The molecular formula is C5H7N3O2. The van der Waals surface area contributed by atoms with Crippen molar-refractivity contribution in [3.05, 3.63) is 12.4 Å². The Hall–Kier alpha value is -1.52. The van der Waals surface area contributed by atoms with Crippen LogP contribution in [0.3, 0.4) is 0 Å². The number of hydrogen-bond donors (Lipinski definition) is 1. The van der Waals surface area contributed by atoms with E-state index in [4.69, 9.17) is 5.73 Å². The monoisotopic (exact) mass is 141 g/mol. The molecule has 5 heteroatoms. The highest BCUT2D eigenvalue weighted by Crippen LogP contribution is 2.02. The standard InChI is InChI=1S/C5H7N3O2/c1-8-3-2-7-5(8)10-4(6)9/h2-3H,1H3,(H2,6,9). The molecule has 0 fully saturated rings. The molecule has 1 heterocycles. The lowest BCUT2D eigenvalue weighted by Crippen LogP contribution is -2.18. The molecule has 0 aromatic carbocycles. The molecule has 2 N–H and O–H groups in total. The van der Waals surface area contributed by atoms with Crippen LogP contribution in [0.15, 0.2) is 12.4 Å². The van der Waals surface area contributed by atoms with Crippen LogP contribution in [-0.2, 0) is 7.05 Å². The van der Waals surface area contributed by atoms with Crippen molar-refractivity contribution in [3.63, 3.8) is 0 Å². The molecule has 1 amide bonds. The van der Waals surface area contributed by atoms with Gasteiger partial charge in [-0.1, -0.05) is 0 Å². The number of hydrogen-bond acceptors (Lipinski definition) is 3. The molecule has 54 valence electrons. The SMILES string of the molecule is Cn1ccnc1OC(N)=O. The van der Waals surface area contributed by atoms with Crippen molar-refractivity contribution in [1.82, 2.24) is 9.55 Å². The van der Waals surface area contributed by atoms with E-state index >= 15 is 0 Å². The number of nitrogens with zero attached hydrogens (tertiary/aromatic N) is 2. The number of ether oxygens (including phenoxy) is 1. The molecule has 1 aromatic heterocycles. The first-order valence-electron chi connectivity index (χ1n) is 2.65. The van der Waals surface area contributed by atoms with Crippen LogP contribution in [0, 0.1) is 0 Å². The summed E-state index contributed by atoms with van der Waals surface area (Å²) in [6, 6.07) is 0.201. The largest absolute Gasteiger partial charge is 0.412 e. The van der Waals surface area contributed by atoms with E-state index in [-0.39, 0.29) is 6.01 Å². The minimum absolute atomic E-state index is 0.201. The molecule has 0 saturated carbocycles. The summed E-state index contributed by atoms with van der Waals surface area (Å²) in [6.45, 7) is 0. The summed E-state index contributed by atoms with van der Waals surface area (Å²) in [6.07, 6.45) is 2.31. The average Bonchev–Trinajstić information content (AvgIpc) is 2.15. The molecule has 0 aliphatic rings. The lowest BCUT2D eigenvalue weighted by atomic mass is 10.9. The van der Waals surface area contributed by atoms with Gasteiger partial charge in [-0.3, -0.25) is 0 Å². The summed E-state index contributed by atoms with van der Waals surface area (Å²) >= 11 is 0. The molecule has 0 unspecified atom stereocenters. The third kappa shape index (κ3) is 1.25. The fourth-order valence-corrected chi connectivity index (χ4v) is 0.540. The summed E-state index contributed by atoms with van der Waals surface area (Å²) in [7, 11) is 1.70. The molecule has 0 radical (unpaired) electrons. The summed E-state index contributed by atoms with van der Waals surface area (Å²) in [5, 5.41) is 0. The van der Waals surface area contributed by atoms with Gasteiger partial charge in [0.25, 0.3) is 0 Å². The lowest BCUT2D eigenvalue weighted by molar-refractivity contribution is 0.205. The number of primary amides is 1. The van der Waals surface area contributed by atoms with Crippen LogP contribution in [-0.4, -0.2) is 15.6 Å². The third-order valence-electron chi connectivity index (χ3n) is 0.969. The van der Waals surface area contributed by atoms with E-state index in [0.717, 1.165) is 0 Å². The van der Waals surface area contributed by atoms with Gasteiger partial charge in [0.05, 0.1) is 0 Å². The highest BCUT2D eigenvalue weighted by molar-refractivity contribution is 5.66. The van der Waals surface area contributed by atoms with Crippen LogP contribution in [0.25, 0.3) is 0 Å². The van der Waals surface area contributed by atoms with Gasteiger partial charge in [0.2, 0.25) is 0 Å². The van der Waals surface area contributed by atoms with Gasteiger partial charge in [-0.25, -0.2) is 9.78 Å². The highest BCUT2D eigenvalue weighted by atomic mass is 16.6. The molecule has 0 atom stereocenters. The van der Waals surface area contributed by atoms with Crippen LogP contribution in [0.1, 0.15) is 0 Å². The van der Waals surface area contributed by atoms with Gasteiger partial charge >= 0.3 is 12.1 Å². The van der Waals surface area contributed by atoms with Crippen LogP contribution < -0.4 is 10.5 Å². The van der Waals surface area contributed by atoms with E-state index in [0.29, 0.717) is 0 Å². The summed E-state index contributed by atoms with van der Waals surface area (Å²) < 4.78 is 6.02. The van der Waals surface area contributed by atoms with Crippen molar-refractivity contribution in [3.8, 4) is 6.01 Å². The molecule has 5 nitrogen and oxygen atoms in total. The summed E-state index contributed by atoms with van der Waals surface area (Å²) in [5.41, 5.74) is 4.74. The number of aromatic nitrogens is 2. The second-order valence-corrected chi connectivity index (χ2v) is 1.74. The van der Waals surface area contributed by atoms with Gasteiger partial charge in [-0.05, 0) is 0 Å². The maximum Gasteiger partial charge on any atom is 0.412 e. The molecular weight excluding hydrogens is 134 g/mol. The van der Waals surface area contributed by atoms with Crippen LogP contribution in [0.4, 0.5) is 4.79 Å². The molecule has 1 rings (SSSR count). The van der Waals surface area contributed by atoms with Gasteiger partial charge < -0.3 is 15.0 Å². The molecule has 0 aliphatic carbocycles. The Bertz CT molecular complexity index is 243. The van der Waals surface area contributed by atoms with Crippen molar-refractivity contribution in [2.75, 3.05) is 0 Å². The molecule has 0 spiro atoms. The van der Waals surface area contributed by atoms with E-state index in [1.54, 1.807) is 17.8 Å². The number of rotatable bonds is 1. The van der Waals surface area contributed by atoms with Gasteiger partial charge in [-0.2, -0.15) is 0 Å². The van der Waals surface area contributed by atoms with E-state index < -0.39 is 6.09 Å². The van der Waals surface area contributed by atoms with Crippen molar-refractivity contribution in [1.29, 1.82) is 0 Å². The van der Waals surface area contributed by atoms with Crippen LogP contribution in [0.5, 0.6) is 6.01 Å². The van der Waals surface area contributed by atoms with Gasteiger partial charge in [0, 0.05) is 19.4 Å². The first-order chi connectivity index (χ1) is 4.70. The lowest BCUT2D eigenvalue weighted by Gasteiger charge is -1.97. The molecule has 0 saturated heterocycles. The van der Waals surface area contributed by atoms with Crippen molar-refractivity contribution in [2.45, 2.75) is 0 Å². The minimum Gasteiger partial charge on any atom is -0.375 e. The van der Waals surface area contributed by atoms with Crippen molar-refractivity contribution < 1.29 is 9.53 Å². The maximum atomic E-state index is 10.2. The fourth-order valence-electron chi connectivity index (χ4n) is 0.540. The smallest absolute Gasteiger partial charge is 0.375 e. The number of nitrogens with two attached hydrogens (primary N) is 1. The number of aryl methyl sites for hydroxylation is 1. The second-order valence-electron chi connectivity index (χ2n) is 1.74.